The average Bonchev–Trinajstić information content (AvgIpc) is 3.41. The quantitative estimate of drug-likeness (QED) is 0.425. The standard InChI is InChI=1S/C22H27N7/c1-14-15(2)29-16(3)20(26(6)22(29)23-14)28-13-12-19(27(28)7)21-24(4)17-10-8-9-11-18(17)25(21)5/h8-13H,1-7H3/q+2/i1D3. The van der Waals surface area contributed by atoms with Gasteiger partial charge in [-0.1, -0.05) is 12.1 Å². The van der Waals surface area contributed by atoms with Gasteiger partial charge in [0.15, 0.2) is 16.7 Å². The van der Waals surface area contributed by atoms with Gasteiger partial charge in [-0.25, -0.2) is 13.8 Å². The normalized spacial score (nSPS) is 13.9. The summed E-state index contributed by atoms with van der Waals surface area (Å²) in [7, 11) is 8.11. The fraction of sp³-hybridized carbons (Fsp3) is 0.318. The van der Waals surface area contributed by atoms with Gasteiger partial charge in [0.25, 0.3) is 0 Å². The average molecular weight is 393 g/mol. The number of nitrogens with zero attached hydrogens (tertiary/aromatic N) is 7. The first-order valence-corrected chi connectivity index (χ1v) is 9.60. The molecule has 0 bridgehead atoms. The summed E-state index contributed by atoms with van der Waals surface area (Å²) in [5.74, 6) is 2.64. The van der Waals surface area contributed by atoms with Crippen molar-refractivity contribution in [2.45, 2.75) is 20.7 Å². The molecular formula is C22H27N7+2. The Kier molecular flexibility index (Phi) is 2.94. The second-order valence-electron chi connectivity index (χ2n) is 7.65. The van der Waals surface area contributed by atoms with Crippen molar-refractivity contribution in [3.8, 4) is 17.3 Å². The van der Waals surface area contributed by atoms with Gasteiger partial charge in [-0.2, -0.15) is 9.55 Å². The largest absolute Gasteiger partial charge is 0.327 e. The highest BCUT2D eigenvalue weighted by atomic mass is 15.4. The Balaban J connectivity index is 1.73. The SMILES string of the molecule is [2H]C([2H])([2H])c1nc2n(C)c(-[n+]3ccc(-c4n(C)c5ccccc5[n+]4C)n3C)c(C)n2c1C. The predicted octanol–water partition coefficient (Wildman–Crippen LogP) is 2.20. The number of fused-ring (bicyclic) bond motifs is 2. The van der Waals surface area contributed by atoms with E-state index in [-0.39, 0.29) is 5.69 Å². The smallest absolute Gasteiger partial charge is 0.259 e. The van der Waals surface area contributed by atoms with E-state index in [4.69, 9.17) is 4.11 Å². The molecule has 0 saturated heterocycles. The van der Waals surface area contributed by atoms with Crippen LogP contribution in [0.25, 0.3) is 34.1 Å². The second kappa shape index (κ2) is 5.83. The Labute approximate surface area is 173 Å². The lowest BCUT2D eigenvalue weighted by molar-refractivity contribution is -0.687. The van der Waals surface area contributed by atoms with E-state index in [9.17, 15) is 0 Å². The van der Waals surface area contributed by atoms with Crippen LogP contribution in [0.1, 0.15) is 21.2 Å². The van der Waals surface area contributed by atoms with Crippen LogP contribution in [0.5, 0.6) is 0 Å². The molecule has 4 heterocycles. The third kappa shape index (κ3) is 2.15. The molecule has 0 amide bonds. The molecule has 0 unspecified atom stereocenters. The first kappa shape index (κ1) is 14.6. The zero-order valence-corrected chi connectivity index (χ0v) is 17.6. The molecular weight excluding hydrogens is 362 g/mol. The van der Waals surface area contributed by atoms with Gasteiger partial charge in [-0.15, -0.1) is 4.68 Å². The summed E-state index contributed by atoms with van der Waals surface area (Å²) in [5, 5.41) is 0. The molecule has 148 valence electrons. The molecule has 0 spiro atoms. The Morgan fingerprint density at radius 3 is 2.45 bits per heavy atom. The van der Waals surface area contributed by atoms with Crippen LogP contribution < -0.4 is 9.25 Å². The molecule has 0 N–H and O–H groups in total. The molecule has 0 fully saturated rings. The highest BCUT2D eigenvalue weighted by molar-refractivity contribution is 5.75. The van der Waals surface area contributed by atoms with Crippen LogP contribution in [0.3, 0.4) is 0 Å². The highest BCUT2D eigenvalue weighted by Crippen LogP contribution is 2.23. The van der Waals surface area contributed by atoms with Crippen molar-refractivity contribution in [1.29, 1.82) is 0 Å². The topological polar surface area (TPSA) is 39.8 Å². The van der Waals surface area contributed by atoms with Gasteiger partial charge in [-0.05, 0) is 32.8 Å². The minimum Gasteiger partial charge on any atom is -0.259 e. The summed E-state index contributed by atoms with van der Waals surface area (Å²) in [5.41, 5.74) is 5.12. The number of hydrogen-bond acceptors (Lipinski definition) is 1. The van der Waals surface area contributed by atoms with Gasteiger partial charge in [-0.3, -0.25) is 4.40 Å². The van der Waals surface area contributed by atoms with E-state index in [1.807, 2.05) is 43.1 Å². The van der Waals surface area contributed by atoms with Crippen LogP contribution in [-0.4, -0.2) is 23.2 Å². The maximum Gasteiger partial charge on any atom is 0.327 e. The molecule has 0 radical (unpaired) electrons. The molecule has 0 aliphatic heterocycles. The third-order valence-electron chi connectivity index (χ3n) is 6.10. The van der Waals surface area contributed by atoms with Gasteiger partial charge < -0.3 is 0 Å². The van der Waals surface area contributed by atoms with Crippen LogP contribution >= 0.6 is 0 Å². The van der Waals surface area contributed by atoms with Gasteiger partial charge in [0.2, 0.25) is 0 Å². The van der Waals surface area contributed by atoms with Crippen molar-refractivity contribution in [3.05, 3.63) is 53.6 Å². The van der Waals surface area contributed by atoms with E-state index in [1.165, 1.54) is 11.0 Å². The number of rotatable bonds is 2. The first-order chi connectivity index (χ1) is 15.0. The van der Waals surface area contributed by atoms with E-state index in [1.54, 1.807) is 0 Å². The molecule has 1 aromatic carbocycles. The van der Waals surface area contributed by atoms with E-state index in [0.717, 1.165) is 23.0 Å². The van der Waals surface area contributed by atoms with E-state index < -0.39 is 6.85 Å². The minimum absolute atomic E-state index is 0.151. The molecule has 0 atom stereocenters. The lowest BCUT2D eigenvalue weighted by atomic mass is 10.3. The van der Waals surface area contributed by atoms with Crippen LogP contribution in [0.2, 0.25) is 0 Å². The van der Waals surface area contributed by atoms with E-state index in [0.29, 0.717) is 11.5 Å². The summed E-state index contributed by atoms with van der Waals surface area (Å²) in [6, 6.07) is 10.5. The third-order valence-corrected chi connectivity index (χ3v) is 6.10. The monoisotopic (exact) mass is 392 g/mol. The molecule has 7 heteroatoms. The number of benzene rings is 1. The predicted molar refractivity (Wildman–Crippen MR) is 112 cm³/mol. The van der Waals surface area contributed by atoms with Crippen LogP contribution in [0.4, 0.5) is 0 Å². The molecule has 7 nitrogen and oxygen atoms in total. The number of imidazole rings is 3. The zero-order valence-electron chi connectivity index (χ0n) is 20.6. The lowest BCUT2D eigenvalue weighted by Crippen LogP contribution is -2.42. The first-order valence-electron chi connectivity index (χ1n) is 11.1. The molecule has 0 saturated carbocycles. The molecule has 0 aliphatic rings. The Morgan fingerprint density at radius 2 is 1.76 bits per heavy atom. The molecule has 5 rings (SSSR count). The van der Waals surface area contributed by atoms with Crippen LogP contribution in [0, 0.1) is 20.7 Å². The second-order valence-corrected chi connectivity index (χ2v) is 7.65. The maximum atomic E-state index is 7.80. The van der Waals surface area contributed by atoms with Crippen molar-refractivity contribution in [3.63, 3.8) is 0 Å². The highest BCUT2D eigenvalue weighted by Gasteiger charge is 2.30. The fourth-order valence-corrected chi connectivity index (χ4v) is 4.60. The minimum atomic E-state index is -2.24. The Hall–Kier alpha value is -3.35. The molecule has 4 aromatic heterocycles. The molecule has 5 aromatic rings. The van der Waals surface area contributed by atoms with Crippen LogP contribution in [-0.2, 0) is 28.2 Å². The summed E-state index contributed by atoms with van der Waals surface area (Å²) in [6.07, 6.45) is 2.04. The molecule has 29 heavy (non-hydrogen) atoms. The number of para-hydroxylation sites is 2. The summed E-state index contributed by atoms with van der Waals surface area (Å²) >= 11 is 0. The van der Waals surface area contributed by atoms with Crippen molar-refractivity contribution in [1.82, 2.24) is 23.2 Å². The summed E-state index contributed by atoms with van der Waals surface area (Å²) in [6.45, 7) is 1.57. The number of aryl methyl sites for hydroxylation is 6. The van der Waals surface area contributed by atoms with Gasteiger partial charge in [0.05, 0.1) is 26.8 Å². The van der Waals surface area contributed by atoms with Gasteiger partial charge in [0, 0.05) is 22.9 Å². The fourth-order valence-electron chi connectivity index (χ4n) is 4.60. The van der Waals surface area contributed by atoms with Crippen molar-refractivity contribution < 1.29 is 13.4 Å². The Morgan fingerprint density at radius 1 is 1.00 bits per heavy atom. The van der Waals surface area contributed by atoms with Gasteiger partial charge >= 0.3 is 17.4 Å². The van der Waals surface area contributed by atoms with E-state index >= 15 is 0 Å². The van der Waals surface area contributed by atoms with Crippen LogP contribution in [0.15, 0.2) is 36.5 Å². The van der Waals surface area contributed by atoms with Gasteiger partial charge in [0.1, 0.15) is 11.9 Å². The maximum absolute atomic E-state index is 7.80. The lowest BCUT2D eigenvalue weighted by Gasteiger charge is -2.04. The van der Waals surface area contributed by atoms with Crippen molar-refractivity contribution >= 4 is 16.8 Å². The number of hydrogen-bond donors (Lipinski definition) is 0. The summed E-state index contributed by atoms with van der Waals surface area (Å²) in [4.78, 5) is 4.47. The van der Waals surface area contributed by atoms with Crippen molar-refractivity contribution in [2.75, 3.05) is 0 Å². The number of aromatic nitrogens is 7. The summed E-state index contributed by atoms with van der Waals surface area (Å²) < 4.78 is 35.8. The van der Waals surface area contributed by atoms with Crippen molar-refractivity contribution in [2.24, 2.45) is 28.2 Å². The Bertz CT molecular complexity index is 1490. The molecule has 0 aliphatic carbocycles. The zero-order chi connectivity index (χ0) is 23.1. The van der Waals surface area contributed by atoms with E-state index in [2.05, 4.69) is 67.9 Å².